The van der Waals surface area contributed by atoms with Gasteiger partial charge in [-0.1, -0.05) is 23.7 Å². The summed E-state index contributed by atoms with van der Waals surface area (Å²) in [5.74, 6) is 1.05. The molecule has 1 aromatic heterocycles. The zero-order valence-electron chi connectivity index (χ0n) is 15.7. The molecule has 0 amide bonds. The Morgan fingerprint density at radius 2 is 1.79 bits per heavy atom. The number of benzene rings is 2. The van der Waals surface area contributed by atoms with E-state index in [-0.39, 0.29) is 0 Å². The first-order valence-electron chi connectivity index (χ1n) is 9.23. The minimum Gasteiger partial charge on any atom is -0.378 e. The van der Waals surface area contributed by atoms with E-state index in [9.17, 15) is 0 Å². The Labute approximate surface area is 169 Å². The quantitative estimate of drug-likeness (QED) is 0.649. The van der Waals surface area contributed by atoms with Crippen molar-refractivity contribution in [2.45, 2.75) is 6.92 Å². The smallest absolute Gasteiger partial charge is 0.229 e. The SMILES string of the molecule is Cc1cccc(Nc2nc(Nc3ccc(N4CCOCC4)cc3)ncc2Cl)c1. The Morgan fingerprint density at radius 1 is 1.00 bits per heavy atom. The number of aryl methyl sites for hydroxylation is 1. The van der Waals surface area contributed by atoms with Crippen molar-refractivity contribution in [1.29, 1.82) is 0 Å². The van der Waals surface area contributed by atoms with Crippen molar-refractivity contribution in [3.05, 3.63) is 65.3 Å². The first-order chi connectivity index (χ1) is 13.7. The van der Waals surface area contributed by atoms with E-state index in [1.54, 1.807) is 6.20 Å². The van der Waals surface area contributed by atoms with Crippen LogP contribution in [0.3, 0.4) is 0 Å². The van der Waals surface area contributed by atoms with Crippen LogP contribution in [0.4, 0.5) is 28.8 Å². The summed E-state index contributed by atoms with van der Waals surface area (Å²) in [5, 5.41) is 6.95. The van der Waals surface area contributed by atoms with Crippen LogP contribution in [0.1, 0.15) is 5.56 Å². The maximum Gasteiger partial charge on any atom is 0.229 e. The highest BCUT2D eigenvalue weighted by Crippen LogP contribution is 2.26. The Bertz CT molecular complexity index is 942. The van der Waals surface area contributed by atoms with Crippen LogP contribution in [0.25, 0.3) is 0 Å². The average molecular weight is 396 g/mol. The molecule has 144 valence electrons. The fraction of sp³-hybridized carbons (Fsp3) is 0.238. The molecular formula is C21H22ClN5O. The number of nitrogens with one attached hydrogen (secondary N) is 2. The van der Waals surface area contributed by atoms with Gasteiger partial charge in [0.2, 0.25) is 5.95 Å². The molecule has 0 spiro atoms. The number of anilines is 5. The molecule has 0 radical (unpaired) electrons. The fourth-order valence-corrected chi connectivity index (χ4v) is 3.22. The highest BCUT2D eigenvalue weighted by molar-refractivity contribution is 6.32. The number of nitrogens with zero attached hydrogens (tertiary/aromatic N) is 3. The van der Waals surface area contributed by atoms with Crippen molar-refractivity contribution in [3.63, 3.8) is 0 Å². The number of halogens is 1. The summed E-state index contributed by atoms with van der Waals surface area (Å²) in [5.41, 5.74) is 4.20. The summed E-state index contributed by atoms with van der Waals surface area (Å²) in [4.78, 5) is 11.1. The van der Waals surface area contributed by atoms with E-state index < -0.39 is 0 Å². The molecule has 2 N–H and O–H groups in total. The maximum atomic E-state index is 6.26. The average Bonchev–Trinajstić information content (AvgIpc) is 2.72. The van der Waals surface area contributed by atoms with E-state index in [1.165, 1.54) is 5.69 Å². The van der Waals surface area contributed by atoms with E-state index in [2.05, 4.69) is 37.6 Å². The highest BCUT2D eigenvalue weighted by Gasteiger charge is 2.11. The van der Waals surface area contributed by atoms with E-state index in [0.29, 0.717) is 16.8 Å². The van der Waals surface area contributed by atoms with Crippen molar-refractivity contribution < 1.29 is 4.74 Å². The van der Waals surface area contributed by atoms with Gasteiger partial charge in [0, 0.05) is 30.2 Å². The van der Waals surface area contributed by atoms with E-state index >= 15 is 0 Å². The van der Waals surface area contributed by atoms with E-state index in [4.69, 9.17) is 16.3 Å². The summed E-state index contributed by atoms with van der Waals surface area (Å²) < 4.78 is 5.41. The maximum absolute atomic E-state index is 6.26. The van der Waals surface area contributed by atoms with Gasteiger partial charge < -0.3 is 20.3 Å². The highest BCUT2D eigenvalue weighted by atomic mass is 35.5. The lowest BCUT2D eigenvalue weighted by molar-refractivity contribution is 0.122. The van der Waals surface area contributed by atoms with Gasteiger partial charge in [-0.25, -0.2) is 4.98 Å². The van der Waals surface area contributed by atoms with Gasteiger partial charge in [-0.15, -0.1) is 0 Å². The topological polar surface area (TPSA) is 62.3 Å². The zero-order chi connectivity index (χ0) is 19.3. The molecule has 1 aliphatic heterocycles. The van der Waals surface area contributed by atoms with Gasteiger partial charge >= 0.3 is 0 Å². The minimum atomic E-state index is 0.467. The van der Waals surface area contributed by atoms with Crippen LogP contribution >= 0.6 is 11.6 Å². The Kier molecular flexibility index (Phi) is 5.60. The second-order valence-electron chi connectivity index (χ2n) is 6.66. The summed E-state index contributed by atoms with van der Waals surface area (Å²) in [7, 11) is 0. The van der Waals surface area contributed by atoms with Gasteiger partial charge in [-0.2, -0.15) is 4.98 Å². The standard InChI is InChI=1S/C21H22ClN5O/c1-15-3-2-4-17(13-15)24-20-19(22)14-23-21(26-20)25-16-5-7-18(8-6-16)27-9-11-28-12-10-27/h2-8,13-14H,9-12H2,1H3,(H2,23,24,25,26). The lowest BCUT2D eigenvalue weighted by Crippen LogP contribution is -2.36. The molecule has 0 saturated carbocycles. The zero-order valence-corrected chi connectivity index (χ0v) is 16.4. The molecule has 2 aromatic carbocycles. The van der Waals surface area contributed by atoms with Crippen molar-refractivity contribution in [2.75, 3.05) is 41.8 Å². The molecule has 0 atom stereocenters. The normalized spacial score (nSPS) is 14.0. The Morgan fingerprint density at radius 3 is 2.54 bits per heavy atom. The van der Waals surface area contributed by atoms with Crippen molar-refractivity contribution in [1.82, 2.24) is 9.97 Å². The van der Waals surface area contributed by atoms with Crippen molar-refractivity contribution in [3.8, 4) is 0 Å². The lowest BCUT2D eigenvalue weighted by atomic mass is 10.2. The lowest BCUT2D eigenvalue weighted by Gasteiger charge is -2.28. The second-order valence-corrected chi connectivity index (χ2v) is 7.06. The summed E-state index contributed by atoms with van der Waals surface area (Å²) in [6, 6.07) is 16.3. The fourth-order valence-electron chi connectivity index (χ4n) is 3.08. The molecular weight excluding hydrogens is 374 g/mol. The van der Waals surface area contributed by atoms with Gasteiger partial charge in [-0.3, -0.25) is 0 Å². The third kappa shape index (κ3) is 4.52. The molecule has 28 heavy (non-hydrogen) atoms. The Hall–Kier alpha value is -2.83. The van der Waals surface area contributed by atoms with Crippen molar-refractivity contribution >= 4 is 40.4 Å². The molecule has 3 aromatic rings. The van der Waals surface area contributed by atoms with Crippen LogP contribution in [-0.2, 0) is 4.74 Å². The number of hydrogen-bond donors (Lipinski definition) is 2. The number of hydrogen-bond acceptors (Lipinski definition) is 6. The summed E-state index contributed by atoms with van der Waals surface area (Å²) >= 11 is 6.26. The van der Waals surface area contributed by atoms with Crippen LogP contribution < -0.4 is 15.5 Å². The van der Waals surface area contributed by atoms with Crippen molar-refractivity contribution in [2.24, 2.45) is 0 Å². The van der Waals surface area contributed by atoms with Crippen LogP contribution in [0.5, 0.6) is 0 Å². The van der Waals surface area contributed by atoms with Gasteiger partial charge in [-0.05, 0) is 48.9 Å². The van der Waals surface area contributed by atoms with E-state index in [0.717, 1.165) is 43.2 Å². The summed E-state index contributed by atoms with van der Waals surface area (Å²) in [6.45, 7) is 5.42. The monoisotopic (exact) mass is 395 g/mol. The minimum absolute atomic E-state index is 0.467. The van der Waals surface area contributed by atoms with E-state index in [1.807, 2.05) is 43.3 Å². The molecule has 1 aliphatic rings. The Balaban J connectivity index is 1.47. The largest absolute Gasteiger partial charge is 0.378 e. The van der Waals surface area contributed by atoms with Crippen LogP contribution in [-0.4, -0.2) is 36.3 Å². The molecule has 4 rings (SSSR count). The molecule has 7 heteroatoms. The van der Waals surface area contributed by atoms with Gasteiger partial charge in [0.15, 0.2) is 5.82 Å². The van der Waals surface area contributed by atoms with Gasteiger partial charge in [0.1, 0.15) is 5.02 Å². The van der Waals surface area contributed by atoms with Crippen LogP contribution in [0, 0.1) is 6.92 Å². The number of rotatable bonds is 5. The molecule has 6 nitrogen and oxygen atoms in total. The number of morpholine rings is 1. The van der Waals surface area contributed by atoms with Gasteiger partial charge in [0.25, 0.3) is 0 Å². The number of ether oxygens (including phenoxy) is 1. The molecule has 0 bridgehead atoms. The third-order valence-corrected chi connectivity index (χ3v) is 4.80. The number of aromatic nitrogens is 2. The van der Waals surface area contributed by atoms with Gasteiger partial charge in [0.05, 0.1) is 19.4 Å². The second kappa shape index (κ2) is 8.46. The molecule has 0 aliphatic carbocycles. The molecule has 0 unspecified atom stereocenters. The first kappa shape index (κ1) is 18.5. The first-order valence-corrected chi connectivity index (χ1v) is 9.61. The predicted molar refractivity (Wildman–Crippen MR) is 114 cm³/mol. The predicted octanol–water partition coefficient (Wildman–Crippen LogP) is 4.76. The molecule has 1 saturated heterocycles. The summed E-state index contributed by atoms with van der Waals surface area (Å²) in [6.07, 6.45) is 1.59. The third-order valence-electron chi connectivity index (χ3n) is 4.52. The molecule has 1 fully saturated rings. The van der Waals surface area contributed by atoms with Crippen LogP contribution in [0.2, 0.25) is 5.02 Å². The molecule has 2 heterocycles. The van der Waals surface area contributed by atoms with Crippen LogP contribution in [0.15, 0.2) is 54.7 Å².